The molecule has 25 heavy (non-hydrogen) atoms. The van der Waals surface area contributed by atoms with Gasteiger partial charge in [-0.25, -0.2) is 4.98 Å². The summed E-state index contributed by atoms with van der Waals surface area (Å²) in [6.45, 7) is 6.52. The third-order valence-corrected chi connectivity index (χ3v) is 5.29. The third kappa shape index (κ3) is 4.12. The van der Waals surface area contributed by atoms with Crippen molar-refractivity contribution in [1.29, 1.82) is 0 Å². The largest absolute Gasteiger partial charge is 0.461 e. The lowest BCUT2D eigenvalue weighted by Gasteiger charge is -2.34. The van der Waals surface area contributed by atoms with Crippen LogP contribution in [0.15, 0.2) is 34.9 Å². The average Bonchev–Trinajstić information content (AvgIpc) is 2.96. The zero-order valence-corrected chi connectivity index (χ0v) is 16.5. The first-order valence-electron chi connectivity index (χ1n) is 8.68. The van der Waals surface area contributed by atoms with Gasteiger partial charge in [0, 0.05) is 36.2 Å². The van der Waals surface area contributed by atoms with Crippen LogP contribution in [0.3, 0.4) is 0 Å². The van der Waals surface area contributed by atoms with Gasteiger partial charge in [0.2, 0.25) is 5.78 Å². The van der Waals surface area contributed by atoms with Gasteiger partial charge in [-0.2, -0.15) is 0 Å². The maximum absolute atomic E-state index is 12.7. The zero-order valence-electron chi connectivity index (χ0n) is 14.9. The summed E-state index contributed by atoms with van der Waals surface area (Å²) >= 11 is 3.39. The molecule has 1 aliphatic heterocycles. The molecule has 0 N–H and O–H groups in total. The monoisotopic (exact) mass is 405 g/mol. The van der Waals surface area contributed by atoms with E-state index in [9.17, 15) is 4.79 Å². The molecule has 1 saturated heterocycles. The van der Waals surface area contributed by atoms with Crippen molar-refractivity contribution in [3.05, 3.63) is 46.2 Å². The Morgan fingerprint density at radius 1 is 1.24 bits per heavy atom. The number of benzene rings is 1. The minimum Gasteiger partial charge on any atom is -0.461 e. The summed E-state index contributed by atoms with van der Waals surface area (Å²) in [5.41, 5.74) is 1.18. The van der Waals surface area contributed by atoms with Crippen molar-refractivity contribution >= 4 is 21.7 Å². The first kappa shape index (κ1) is 18.1. The van der Waals surface area contributed by atoms with Gasteiger partial charge < -0.3 is 9.64 Å². The Morgan fingerprint density at radius 3 is 2.48 bits per heavy atom. The van der Waals surface area contributed by atoms with E-state index in [1.165, 1.54) is 0 Å². The van der Waals surface area contributed by atoms with Crippen LogP contribution in [0.1, 0.15) is 42.7 Å². The van der Waals surface area contributed by atoms with Crippen LogP contribution in [-0.2, 0) is 7.05 Å². The Balaban J connectivity index is 1.67. The molecule has 0 radical (unpaired) electrons. The number of aromatic nitrogens is 2. The number of imidazole rings is 1. The quantitative estimate of drug-likeness (QED) is 0.711. The molecule has 2 aromatic rings. The highest BCUT2D eigenvalue weighted by Crippen LogP contribution is 2.21. The number of carbonyl (C=O) groups excluding carboxylic acids is 1. The first-order valence-corrected chi connectivity index (χ1v) is 9.47. The summed E-state index contributed by atoms with van der Waals surface area (Å²) in [5, 5.41) is 0. The molecule has 0 saturated carbocycles. The minimum atomic E-state index is -0.0491. The number of carbonyl (C=O) groups is 1. The topological polar surface area (TPSA) is 47.4 Å². The van der Waals surface area contributed by atoms with Gasteiger partial charge in [0.1, 0.15) is 11.8 Å². The summed E-state index contributed by atoms with van der Waals surface area (Å²) in [5.74, 6) is -0.0491. The number of hydrogen-bond acceptors (Lipinski definition) is 4. The molecule has 5 nitrogen and oxygen atoms in total. The van der Waals surface area contributed by atoms with Gasteiger partial charge in [-0.15, -0.1) is 0 Å². The molecule has 3 rings (SSSR count). The van der Waals surface area contributed by atoms with E-state index in [1.807, 2.05) is 31.3 Å². The molecule has 0 unspecified atom stereocenters. The molecule has 1 aromatic heterocycles. The van der Waals surface area contributed by atoms with Gasteiger partial charge in [-0.1, -0.05) is 15.9 Å². The minimum absolute atomic E-state index is 0.0491. The summed E-state index contributed by atoms with van der Waals surface area (Å²) in [6.07, 6.45) is 3.73. The zero-order chi connectivity index (χ0) is 18.0. The van der Waals surface area contributed by atoms with Gasteiger partial charge in [-0.3, -0.25) is 9.36 Å². The van der Waals surface area contributed by atoms with E-state index >= 15 is 0 Å². The lowest BCUT2D eigenvalue weighted by atomic mass is 10.1. The highest BCUT2D eigenvalue weighted by Gasteiger charge is 2.24. The van der Waals surface area contributed by atoms with Gasteiger partial charge >= 0.3 is 0 Å². The number of hydrogen-bond donors (Lipinski definition) is 0. The Kier molecular flexibility index (Phi) is 5.59. The van der Waals surface area contributed by atoms with E-state index in [0.29, 0.717) is 23.3 Å². The number of rotatable bonds is 5. The second-order valence-electron chi connectivity index (χ2n) is 6.77. The number of nitrogens with zero attached hydrogens (tertiary/aromatic N) is 3. The van der Waals surface area contributed by atoms with Crippen LogP contribution in [0, 0.1) is 0 Å². The molecule has 134 valence electrons. The van der Waals surface area contributed by atoms with Gasteiger partial charge in [0.05, 0.1) is 6.20 Å². The van der Waals surface area contributed by atoms with Crippen LogP contribution in [0.25, 0.3) is 0 Å². The Hall–Kier alpha value is -1.66. The molecule has 1 fully saturated rings. The van der Waals surface area contributed by atoms with Gasteiger partial charge in [0.15, 0.2) is 0 Å². The smallest absolute Gasteiger partial charge is 0.296 e. The van der Waals surface area contributed by atoms with Crippen molar-refractivity contribution in [2.45, 2.75) is 38.8 Å². The predicted octanol–water partition coefficient (Wildman–Crippen LogP) is 3.67. The Labute approximate surface area is 157 Å². The second-order valence-corrected chi connectivity index (χ2v) is 7.68. The fraction of sp³-hybridized carbons (Fsp3) is 0.474. The van der Waals surface area contributed by atoms with Crippen molar-refractivity contribution in [1.82, 2.24) is 14.5 Å². The van der Waals surface area contributed by atoms with Crippen LogP contribution in [0.4, 0.5) is 0 Å². The second kappa shape index (κ2) is 7.70. The summed E-state index contributed by atoms with van der Waals surface area (Å²) in [4.78, 5) is 19.4. The number of ketones is 1. The van der Waals surface area contributed by atoms with Crippen molar-refractivity contribution < 1.29 is 9.53 Å². The molecule has 0 amide bonds. The molecule has 6 heteroatoms. The highest BCUT2D eigenvalue weighted by atomic mass is 79.9. The van der Waals surface area contributed by atoms with E-state index in [-0.39, 0.29) is 11.9 Å². The molecule has 2 heterocycles. The summed E-state index contributed by atoms with van der Waals surface area (Å²) < 4.78 is 8.76. The Bertz CT molecular complexity index is 732. The van der Waals surface area contributed by atoms with Gasteiger partial charge in [0.25, 0.3) is 6.01 Å². The van der Waals surface area contributed by atoms with Crippen LogP contribution >= 0.6 is 15.9 Å². The molecule has 0 atom stereocenters. The average molecular weight is 406 g/mol. The lowest BCUT2D eigenvalue weighted by Crippen LogP contribution is -2.42. The maximum Gasteiger partial charge on any atom is 0.296 e. The van der Waals surface area contributed by atoms with Crippen molar-refractivity contribution in [3.8, 4) is 6.01 Å². The van der Waals surface area contributed by atoms with E-state index in [1.54, 1.807) is 10.8 Å². The number of likely N-dealkylation sites (tertiary alicyclic amines) is 1. The SMILES string of the molecule is CC(C)N1CCC(Oc2ncc(C(=O)c3ccc(Br)cc3)n2C)CC1. The standard InChI is InChI=1S/C19H24BrN3O2/c1-13(2)23-10-8-16(9-11-23)25-19-21-12-17(22(19)3)18(24)14-4-6-15(20)7-5-14/h4-7,12-13,16H,8-11H2,1-3H3. The normalized spacial score (nSPS) is 16.4. The van der Waals surface area contributed by atoms with Crippen molar-refractivity contribution in [3.63, 3.8) is 0 Å². The number of ether oxygens (including phenoxy) is 1. The van der Waals surface area contributed by atoms with Crippen molar-refractivity contribution in [2.75, 3.05) is 13.1 Å². The third-order valence-electron chi connectivity index (χ3n) is 4.76. The predicted molar refractivity (Wildman–Crippen MR) is 101 cm³/mol. The fourth-order valence-corrected chi connectivity index (χ4v) is 3.39. The summed E-state index contributed by atoms with van der Waals surface area (Å²) in [6, 6.07) is 8.43. The van der Waals surface area contributed by atoms with E-state index in [4.69, 9.17) is 4.74 Å². The Morgan fingerprint density at radius 2 is 1.88 bits per heavy atom. The molecule has 0 spiro atoms. The van der Waals surface area contributed by atoms with Crippen LogP contribution in [0.2, 0.25) is 0 Å². The number of halogens is 1. The fourth-order valence-electron chi connectivity index (χ4n) is 3.12. The first-order chi connectivity index (χ1) is 12.0. The molecule has 1 aromatic carbocycles. The van der Waals surface area contributed by atoms with Gasteiger partial charge in [-0.05, 0) is 51.0 Å². The molecular weight excluding hydrogens is 382 g/mol. The molecule has 1 aliphatic rings. The molecular formula is C19H24BrN3O2. The maximum atomic E-state index is 12.7. The lowest BCUT2D eigenvalue weighted by molar-refractivity contribution is 0.0754. The summed E-state index contributed by atoms with van der Waals surface area (Å²) in [7, 11) is 1.83. The van der Waals surface area contributed by atoms with Crippen LogP contribution < -0.4 is 4.74 Å². The van der Waals surface area contributed by atoms with Crippen molar-refractivity contribution in [2.24, 2.45) is 7.05 Å². The van der Waals surface area contributed by atoms with E-state index in [2.05, 4.69) is 39.7 Å². The highest BCUT2D eigenvalue weighted by molar-refractivity contribution is 9.10. The number of piperidine rings is 1. The van der Waals surface area contributed by atoms with Crippen LogP contribution in [-0.4, -0.2) is 45.5 Å². The van der Waals surface area contributed by atoms with Crippen LogP contribution in [0.5, 0.6) is 6.01 Å². The van der Waals surface area contributed by atoms with E-state index in [0.717, 1.165) is 30.4 Å². The van der Waals surface area contributed by atoms with E-state index < -0.39 is 0 Å². The molecule has 0 bridgehead atoms. The molecule has 0 aliphatic carbocycles.